The van der Waals surface area contributed by atoms with Gasteiger partial charge in [-0.25, -0.2) is 9.37 Å². The monoisotopic (exact) mass is 246 g/mol. The molecule has 0 spiro atoms. The van der Waals surface area contributed by atoms with Gasteiger partial charge in [0.15, 0.2) is 5.82 Å². The SMILES string of the molecule is Cn1ccnc1C(=O)C(C)(C)c1ccc(F)cc1. The number of nitrogens with zero attached hydrogens (tertiary/aromatic N) is 2. The van der Waals surface area contributed by atoms with Gasteiger partial charge in [-0.1, -0.05) is 12.1 Å². The largest absolute Gasteiger partial charge is 0.332 e. The number of hydrogen-bond acceptors (Lipinski definition) is 2. The van der Waals surface area contributed by atoms with Gasteiger partial charge in [-0.05, 0) is 31.5 Å². The van der Waals surface area contributed by atoms with Crippen molar-refractivity contribution < 1.29 is 9.18 Å². The van der Waals surface area contributed by atoms with Gasteiger partial charge in [0, 0.05) is 19.4 Å². The fourth-order valence-corrected chi connectivity index (χ4v) is 1.86. The highest BCUT2D eigenvalue weighted by Gasteiger charge is 2.32. The van der Waals surface area contributed by atoms with Crippen molar-refractivity contribution in [2.45, 2.75) is 19.3 Å². The summed E-state index contributed by atoms with van der Waals surface area (Å²) in [6.45, 7) is 3.63. The first kappa shape index (κ1) is 12.5. The molecule has 3 nitrogen and oxygen atoms in total. The van der Waals surface area contributed by atoms with Crippen LogP contribution in [0.5, 0.6) is 0 Å². The summed E-state index contributed by atoms with van der Waals surface area (Å²) in [6.07, 6.45) is 3.32. The highest BCUT2D eigenvalue weighted by molar-refractivity contribution is 6.00. The third kappa shape index (κ3) is 2.06. The van der Waals surface area contributed by atoms with E-state index in [9.17, 15) is 9.18 Å². The molecule has 2 rings (SSSR count). The Kier molecular flexibility index (Phi) is 3.03. The van der Waals surface area contributed by atoms with Crippen LogP contribution in [-0.4, -0.2) is 15.3 Å². The van der Waals surface area contributed by atoms with Gasteiger partial charge in [-0.2, -0.15) is 0 Å². The van der Waals surface area contributed by atoms with Crippen LogP contribution in [0.25, 0.3) is 0 Å². The summed E-state index contributed by atoms with van der Waals surface area (Å²) in [7, 11) is 1.78. The molecule has 0 unspecified atom stereocenters. The number of carbonyl (C=O) groups excluding carboxylic acids is 1. The zero-order chi connectivity index (χ0) is 13.3. The average molecular weight is 246 g/mol. The van der Waals surface area contributed by atoms with Crippen LogP contribution in [0.3, 0.4) is 0 Å². The Hall–Kier alpha value is -1.97. The van der Waals surface area contributed by atoms with Crippen molar-refractivity contribution in [2.75, 3.05) is 0 Å². The maximum Gasteiger partial charge on any atom is 0.208 e. The van der Waals surface area contributed by atoms with Crippen molar-refractivity contribution in [3.05, 3.63) is 53.9 Å². The van der Waals surface area contributed by atoms with Crippen molar-refractivity contribution in [3.8, 4) is 0 Å². The topological polar surface area (TPSA) is 34.9 Å². The molecule has 1 aromatic carbocycles. The maximum absolute atomic E-state index is 12.9. The highest BCUT2D eigenvalue weighted by atomic mass is 19.1. The molecule has 0 atom stereocenters. The molecule has 94 valence electrons. The van der Waals surface area contributed by atoms with E-state index < -0.39 is 5.41 Å². The van der Waals surface area contributed by atoms with Gasteiger partial charge < -0.3 is 4.57 Å². The fraction of sp³-hybridized carbons (Fsp3) is 0.286. The van der Waals surface area contributed by atoms with Gasteiger partial charge in [-0.15, -0.1) is 0 Å². The number of ketones is 1. The summed E-state index contributed by atoms with van der Waals surface area (Å²) in [5.41, 5.74) is 0.0456. The first-order valence-electron chi connectivity index (χ1n) is 5.71. The third-order valence-corrected chi connectivity index (χ3v) is 3.16. The van der Waals surface area contributed by atoms with Gasteiger partial charge in [0.05, 0.1) is 5.41 Å². The molecule has 0 N–H and O–H groups in total. The minimum absolute atomic E-state index is 0.0818. The highest BCUT2D eigenvalue weighted by Crippen LogP contribution is 2.27. The first-order valence-corrected chi connectivity index (χ1v) is 5.71. The summed E-state index contributed by atoms with van der Waals surface area (Å²) in [6, 6.07) is 6.00. The normalized spacial score (nSPS) is 11.6. The van der Waals surface area contributed by atoms with Crippen molar-refractivity contribution in [1.82, 2.24) is 9.55 Å². The second-order valence-corrected chi connectivity index (χ2v) is 4.82. The number of halogens is 1. The standard InChI is InChI=1S/C14H15FN2O/c1-14(2,10-4-6-11(15)7-5-10)12(18)13-16-8-9-17(13)3/h4-9H,1-3H3. The molecular weight excluding hydrogens is 231 g/mol. The number of imidazole rings is 1. The molecule has 4 heteroatoms. The maximum atomic E-state index is 12.9. The predicted octanol–water partition coefficient (Wildman–Crippen LogP) is 2.72. The summed E-state index contributed by atoms with van der Waals surface area (Å²) in [4.78, 5) is 16.5. The molecule has 2 aromatic rings. The minimum Gasteiger partial charge on any atom is -0.332 e. The molecule has 0 amide bonds. The summed E-state index contributed by atoms with van der Waals surface area (Å²) < 4.78 is 14.6. The number of carbonyl (C=O) groups is 1. The van der Waals surface area contributed by atoms with Crippen LogP contribution in [0.2, 0.25) is 0 Å². The quantitative estimate of drug-likeness (QED) is 0.780. The molecule has 0 saturated heterocycles. The number of Topliss-reactive ketones (excluding diaryl/α,β-unsaturated/α-hetero) is 1. The molecule has 0 aliphatic carbocycles. The average Bonchev–Trinajstić information content (AvgIpc) is 2.75. The van der Waals surface area contributed by atoms with Crippen LogP contribution in [-0.2, 0) is 12.5 Å². The number of hydrogen-bond donors (Lipinski definition) is 0. The van der Waals surface area contributed by atoms with Gasteiger partial charge in [0.1, 0.15) is 5.82 Å². The van der Waals surface area contributed by atoms with E-state index >= 15 is 0 Å². The molecule has 0 aliphatic heterocycles. The van der Waals surface area contributed by atoms with E-state index in [-0.39, 0.29) is 11.6 Å². The third-order valence-electron chi connectivity index (χ3n) is 3.16. The van der Waals surface area contributed by atoms with Crippen LogP contribution < -0.4 is 0 Å². The van der Waals surface area contributed by atoms with Crippen LogP contribution in [0.15, 0.2) is 36.7 Å². The molecule has 0 fully saturated rings. The molecule has 18 heavy (non-hydrogen) atoms. The first-order chi connectivity index (χ1) is 8.43. The fourth-order valence-electron chi connectivity index (χ4n) is 1.86. The van der Waals surface area contributed by atoms with E-state index in [0.717, 1.165) is 5.56 Å². The summed E-state index contributed by atoms with van der Waals surface area (Å²) >= 11 is 0. The Morgan fingerprint density at radius 3 is 2.39 bits per heavy atom. The minimum atomic E-state index is -0.729. The van der Waals surface area contributed by atoms with E-state index in [0.29, 0.717) is 5.82 Å². The smallest absolute Gasteiger partial charge is 0.208 e. The van der Waals surface area contributed by atoms with E-state index in [1.165, 1.54) is 12.1 Å². The number of aryl methyl sites for hydroxylation is 1. The lowest BCUT2D eigenvalue weighted by atomic mass is 9.80. The van der Waals surface area contributed by atoms with Crippen LogP contribution in [0, 0.1) is 5.82 Å². The van der Waals surface area contributed by atoms with Crippen LogP contribution in [0.4, 0.5) is 4.39 Å². The molecule has 0 saturated carbocycles. The number of aromatic nitrogens is 2. The summed E-state index contributed by atoms with van der Waals surface area (Å²) in [5, 5.41) is 0. The lowest BCUT2D eigenvalue weighted by molar-refractivity contribution is 0.0894. The van der Waals surface area contributed by atoms with Crippen molar-refractivity contribution in [3.63, 3.8) is 0 Å². The van der Waals surface area contributed by atoms with Crippen LogP contribution in [0.1, 0.15) is 30.0 Å². The van der Waals surface area contributed by atoms with Gasteiger partial charge in [0.25, 0.3) is 0 Å². The molecule has 1 aromatic heterocycles. The summed E-state index contributed by atoms with van der Waals surface area (Å²) in [5.74, 6) is 0.0184. The lowest BCUT2D eigenvalue weighted by Crippen LogP contribution is -2.31. The molecule has 0 bridgehead atoms. The van der Waals surface area contributed by atoms with Crippen LogP contribution >= 0.6 is 0 Å². The Balaban J connectivity index is 2.39. The van der Waals surface area contributed by atoms with Crippen molar-refractivity contribution in [2.24, 2.45) is 7.05 Å². The Bertz CT molecular complexity index is 570. The van der Waals surface area contributed by atoms with Crippen molar-refractivity contribution in [1.29, 1.82) is 0 Å². The number of benzene rings is 1. The molecule has 0 radical (unpaired) electrons. The molecular formula is C14H15FN2O. The second-order valence-electron chi connectivity index (χ2n) is 4.82. The second kappa shape index (κ2) is 4.37. The molecule has 0 aliphatic rings. The number of rotatable bonds is 3. The van der Waals surface area contributed by atoms with E-state index in [2.05, 4.69) is 4.98 Å². The predicted molar refractivity (Wildman–Crippen MR) is 67.0 cm³/mol. The van der Waals surface area contributed by atoms with Crippen molar-refractivity contribution >= 4 is 5.78 Å². The van der Waals surface area contributed by atoms with Gasteiger partial charge in [0.2, 0.25) is 5.78 Å². The van der Waals surface area contributed by atoms with Gasteiger partial charge in [-0.3, -0.25) is 4.79 Å². The Labute approximate surface area is 105 Å². The Morgan fingerprint density at radius 1 is 1.28 bits per heavy atom. The zero-order valence-corrected chi connectivity index (χ0v) is 10.6. The zero-order valence-electron chi connectivity index (χ0n) is 10.6. The molecule has 1 heterocycles. The van der Waals surface area contributed by atoms with E-state index in [1.807, 2.05) is 13.8 Å². The van der Waals surface area contributed by atoms with E-state index in [4.69, 9.17) is 0 Å². The lowest BCUT2D eigenvalue weighted by Gasteiger charge is -2.23. The van der Waals surface area contributed by atoms with E-state index in [1.54, 1.807) is 36.1 Å². The van der Waals surface area contributed by atoms with Gasteiger partial charge >= 0.3 is 0 Å². The Morgan fingerprint density at radius 2 is 1.89 bits per heavy atom.